The van der Waals surface area contributed by atoms with E-state index in [0.29, 0.717) is 4.64 Å². The zero-order chi connectivity index (χ0) is 14.0. The van der Waals surface area contributed by atoms with Gasteiger partial charge in [-0.25, -0.2) is 9.37 Å². The molecule has 1 aromatic heterocycles. The van der Waals surface area contributed by atoms with Crippen molar-refractivity contribution in [1.29, 1.82) is 0 Å². The first kappa shape index (κ1) is 13.9. The summed E-state index contributed by atoms with van der Waals surface area (Å²) in [4.78, 5) is 7.71. The highest BCUT2D eigenvalue weighted by Gasteiger charge is 2.10. The normalized spacial score (nSPS) is 10.7. The van der Waals surface area contributed by atoms with Crippen LogP contribution in [0.15, 0.2) is 18.2 Å². The van der Waals surface area contributed by atoms with Gasteiger partial charge in [0.1, 0.15) is 16.3 Å². The molecule has 0 bridgehead atoms. The van der Waals surface area contributed by atoms with E-state index < -0.39 is 0 Å². The molecule has 0 fully saturated rings. The summed E-state index contributed by atoms with van der Waals surface area (Å²) in [5.41, 5.74) is 3.75. The summed E-state index contributed by atoms with van der Waals surface area (Å²) in [5, 5.41) is 0. The number of aromatic nitrogens is 2. The second kappa shape index (κ2) is 5.61. The minimum absolute atomic E-state index is 0.222. The van der Waals surface area contributed by atoms with Crippen molar-refractivity contribution in [2.24, 2.45) is 0 Å². The number of benzene rings is 1. The van der Waals surface area contributed by atoms with E-state index in [9.17, 15) is 4.39 Å². The molecule has 0 aliphatic heterocycles. The van der Waals surface area contributed by atoms with E-state index >= 15 is 0 Å². The van der Waals surface area contributed by atoms with Crippen LogP contribution < -0.4 is 0 Å². The molecule has 2 nitrogen and oxygen atoms in total. The van der Waals surface area contributed by atoms with Gasteiger partial charge in [0.2, 0.25) is 0 Å². The molecule has 0 aliphatic rings. The van der Waals surface area contributed by atoms with Gasteiger partial charge in [0.05, 0.1) is 5.69 Å². The maximum atomic E-state index is 13.2. The molecule has 4 heteroatoms. The fourth-order valence-electron chi connectivity index (χ4n) is 2.11. The van der Waals surface area contributed by atoms with Gasteiger partial charge >= 0.3 is 0 Å². The monoisotopic (exact) mass is 276 g/mol. The standard InChI is InChI=1S/C15H17FN2S/c1-4-5-13-17-14(10(3)15(19)18-13)12-7-6-11(16)8-9(12)2/h6-8H,4-5H2,1-3H3,(H,17,18,19). The van der Waals surface area contributed by atoms with Crippen LogP contribution in [0.3, 0.4) is 0 Å². The number of aromatic amines is 1. The smallest absolute Gasteiger partial charge is 0.133 e. The summed E-state index contributed by atoms with van der Waals surface area (Å²) in [7, 11) is 0. The number of nitrogens with zero attached hydrogens (tertiary/aromatic N) is 1. The SMILES string of the molecule is CCCc1nc(=S)c(C)c(-c2ccc(F)cc2C)[nH]1. The highest BCUT2D eigenvalue weighted by atomic mass is 32.1. The van der Waals surface area contributed by atoms with Crippen LogP contribution in [0.1, 0.15) is 30.3 Å². The van der Waals surface area contributed by atoms with E-state index in [1.807, 2.05) is 13.8 Å². The molecule has 1 heterocycles. The largest absolute Gasteiger partial charge is 0.343 e. The molecule has 0 atom stereocenters. The Labute approximate surface area is 117 Å². The van der Waals surface area contributed by atoms with E-state index in [0.717, 1.165) is 41.1 Å². The lowest BCUT2D eigenvalue weighted by atomic mass is 10.0. The predicted octanol–water partition coefficient (Wildman–Crippen LogP) is 4.51. The highest BCUT2D eigenvalue weighted by molar-refractivity contribution is 7.71. The summed E-state index contributed by atoms with van der Waals surface area (Å²) < 4.78 is 13.8. The van der Waals surface area contributed by atoms with Gasteiger partial charge in [-0.15, -0.1) is 0 Å². The third-order valence-electron chi connectivity index (χ3n) is 3.15. The van der Waals surface area contributed by atoms with Crippen LogP contribution in [0.4, 0.5) is 4.39 Å². The Bertz CT molecular complexity index is 662. The van der Waals surface area contributed by atoms with Gasteiger partial charge in [0.15, 0.2) is 0 Å². The van der Waals surface area contributed by atoms with Crippen molar-refractivity contribution in [1.82, 2.24) is 9.97 Å². The Balaban J connectivity index is 2.63. The summed E-state index contributed by atoms with van der Waals surface area (Å²) in [6, 6.07) is 4.79. The van der Waals surface area contributed by atoms with E-state index in [1.165, 1.54) is 12.1 Å². The molecule has 0 saturated carbocycles. The van der Waals surface area contributed by atoms with Gasteiger partial charge in [0.25, 0.3) is 0 Å². The van der Waals surface area contributed by atoms with Crippen molar-refractivity contribution in [2.45, 2.75) is 33.6 Å². The first-order valence-electron chi connectivity index (χ1n) is 6.39. The molecule has 2 aromatic rings. The molecule has 1 N–H and O–H groups in total. The Morgan fingerprint density at radius 3 is 2.68 bits per heavy atom. The number of H-pyrrole nitrogens is 1. The molecule has 0 radical (unpaired) electrons. The predicted molar refractivity (Wildman–Crippen MR) is 78.3 cm³/mol. The second-order valence-electron chi connectivity index (χ2n) is 4.70. The number of hydrogen-bond acceptors (Lipinski definition) is 2. The quantitative estimate of drug-likeness (QED) is 0.835. The lowest BCUT2D eigenvalue weighted by Crippen LogP contribution is -2.01. The van der Waals surface area contributed by atoms with Crippen molar-refractivity contribution in [2.75, 3.05) is 0 Å². The van der Waals surface area contributed by atoms with E-state index in [1.54, 1.807) is 6.07 Å². The molecule has 0 aliphatic carbocycles. The fourth-order valence-corrected chi connectivity index (χ4v) is 2.32. The van der Waals surface area contributed by atoms with E-state index in [2.05, 4.69) is 16.9 Å². The van der Waals surface area contributed by atoms with Crippen molar-refractivity contribution in [3.63, 3.8) is 0 Å². The summed E-state index contributed by atoms with van der Waals surface area (Å²) >= 11 is 5.31. The number of nitrogens with one attached hydrogen (secondary N) is 1. The zero-order valence-electron chi connectivity index (χ0n) is 11.4. The fraction of sp³-hybridized carbons (Fsp3) is 0.333. The molecule has 19 heavy (non-hydrogen) atoms. The van der Waals surface area contributed by atoms with Crippen molar-refractivity contribution in [3.05, 3.63) is 45.6 Å². The first-order chi connectivity index (χ1) is 9.02. The van der Waals surface area contributed by atoms with Crippen LogP contribution in [0.25, 0.3) is 11.3 Å². The van der Waals surface area contributed by atoms with Gasteiger partial charge in [-0.3, -0.25) is 0 Å². The summed E-state index contributed by atoms with van der Waals surface area (Å²) in [6.45, 7) is 5.94. The minimum atomic E-state index is -0.222. The van der Waals surface area contributed by atoms with E-state index in [-0.39, 0.29) is 5.82 Å². The molecule has 0 amide bonds. The minimum Gasteiger partial charge on any atom is -0.343 e. The van der Waals surface area contributed by atoms with Crippen LogP contribution in [0, 0.1) is 24.3 Å². The maximum Gasteiger partial charge on any atom is 0.133 e. The highest BCUT2D eigenvalue weighted by Crippen LogP contribution is 2.25. The number of hydrogen-bond donors (Lipinski definition) is 1. The first-order valence-corrected chi connectivity index (χ1v) is 6.80. The Morgan fingerprint density at radius 2 is 2.05 bits per heavy atom. The topological polar surface area (TPSA) is 28.7 Å². The van der Waals surface area contributed by atoms with Gasteiger partial charge in [-0.2, -0.15) is 0 Å². The summed E-state index contributed by atoms with van der Waals surface area (Å²) in [6.07, 6.45) is 1.86. The van der Waals surface area contributed by atoms with Gasteiger partial charge in [-0.05, 0) is 44.0 Å². The molecule has 0 saturated heterocycles. The second-order valence-corrected chi connectivity index (χ2v) is 5.08. The third kappa shape index (κ3) is 2.89. The van der Waals surface area contributed by atoms with Gasteiger partial charge < -0.3 is 4.98 Å². The Morgan fingerprint density at radius 1 is 1.32 bits per heavy atom. The van der Waals surface area contributed by atoms with Gasteiger partial charge in [-0.1, -0.05) is 19.1 Å². The summed E-state index contributed by atoms with van der Waals surface area (Å²) in [5.74, 6) is 0.664. The Hall–Kier alpha value is -1.55. The van der Waals surface area contributed by atoms with E-state index in [4.69, 9.17) is 12.2 Å². The maximum absolute atomic E-state index is 13.2. The van der Waals surface area contributed by atoms with Crippen molar-refractivity contribution < 1.29 is 4.39 Å². The molecular weight excluding hydrogens is 259 g/mol. The molecular formula is C15H17FN2S. The number of aryl methyl sites for hydroxylation is 2. The van der Waals surface area contributed by atoms with Crippen molar-refractivity contribution >= 4 is 12.2 Å². The lowest BCUT2D eigenvalue weighted by molar-refractivity contribution is 0.627. The van der Waals surface area contributed by atoms with Crippen molar-refractivity contribution in [3.8, 4) is 11.3 Å². The third-order valence-corrected chi connectivity index (χ3v) is 3.54. The molecule has 100 valence electrons. The lowest BCUT2D eigenvalue weighted by Gasteiger charge is -2.11. The molecule has 0 spiro atoms. The van der Waals surface area contributed by atoms with Crippen LogP contribution >= 0.6 is 12.2 Å². The average molecular weight is 276 g/mol. The molecule has 1 aromatic carbocycles. The van der Waals surface area contributed by atoms with Crippen LogP contribution in [-0.2, 0) is 6.42 Å². The van der Waals surface area contributed by atoms with Gasteiger partial charge in [0, 0.05) is 17.5 Å². The average Bonchev–Trinajstić information content (AvgIpc) is 2.34. The van der Waals surface area contributed by atoms with Crippen LogP contribution in [-0.4, -0.2) is 9.97 Å². The van der Waals surface area contributed by atoms with Crippen LogP contribution in [0.2, 0.25) is 0 Å². The Kier molecular flexibility index (Phi) is 4.10. The molecule has 0 unspecified atom stereocenters. The zero-order valence-corrected chi connectivity index (χ0v) is 12.2. The van der Waals surface area contributed by atoms with Crippen LogP contribution in [0.5, 0.6) is 0 Å². The number of rotatable bonds is 3. The number of halogens is 1. The molecule has 2 rings (SSSR count).